The molecule has 1 aromatic heterocycles. The van der Waals surface area contributed by atoms with Gasteiger partial charge in [-0.1, -0.05) is 6.07 Å². The van der Waals surface area contributed by atoms with Gasteiger partial charge in [0.25, 0.3) is 0 Å². The lowest BCUT2D eigenvalue weighted by atomic mass is 10.1. The third kappa shape index (κ3) is 2.04. The molecule has 0 amide bonds. The third-order valence-corrected chi connectivity index (χ3v) is 2.84. The second kappa shape index (κ2) is 3.73. The number of hydrogen-bond acceptors (Lipinski definition) is 1. The van der Waals surface area contributed by atoms with Gasteiger partial charge in [0.05, 0.1) is 5.56 Å². The first kappa shape index (κ1) is 11.4. The fraction of sp³-hybridized carbons (Fsp3) is 0.182. The molecule has 2 rings (SSSR count). The van der Waals surface area contributed by atoms with Crippen LogP contribution in [0.1, 0.15) is 11.3 Å². The number of nitrogens with zero attached hydrogens (tertiary/aromatic N) is 1. The minimum Gasteiger partial charge on any atom is -0.246 e. The van der Waals surface area contributed by atoms with Crippen molar-refractivity contribution in [3.63, 3.8) is 0 Å². The smallest absolute Gasteiger partial charge is 0.246 e. The van der Waals surface area contributed by atoms with Gasteiger partial charge < -0.3 is 0 Å². The number of aryl methyl sites for hydroxylation is 1. The molecule has 5 heteroatoms. The van der Waals surface area contributed by atoms with E-state index < -0.39 is 11.7 Å². The van der Waals surface area contributed by atoms with E-state index in [1.807, 2.05) is 0 Å². The van der Waals surface area contributed by atoms with Crippen LogP contribution in [0.5, 0.6) is 0 Å². The van der Waals surface area contributed by atoms with E-state index in [1.165, 1.54) is 6.07 Å². The van der Waals surface area contributed by atoms with Crippen molar-refractivity contribution in [2.75, 3.05) is 0 Å². The molecular formula is C11H7BrF3N. The quantitative estimate of drug-likeness (QED) is 0.658. The molecule has 0 unspecified atom stereocenters. The molecule has 84 valence electrons. The van der Waals surface area contributed by atoms with Crippen molar-refractivity contribution in [1.29, 1.82) is 0 Å². The van der Waals surface area contributed by atoms with E-state index in [0.717, 1.165) is 12.1 Å². The lowest BCUT2D eigenvalue weighted by Crippen LogP contribution is -2.04. The predicted molar refractivity (Wildman–Crippen MR) is 59.2 cm³/mol. The van der Waals surface area contributed by atoms with E-state index >= 15 is 0 Å². The van der Waals surface area contributed by atoms with Crippen molar-refractivity contribution in [1.82, 2.24) is 4.98 Å². The molecule has 0 aliphatic carbocycles. The van der Waals surface area contributed by atoms with Crippen molar-refractivity contribution < 1.29 is 13.2 Å². The molecular weight excluding hydrogens is 283 g/mol. The molecule has 0 spiro atoms. The van der Waals surface area contributed by atoms with Crippen molar-refractivity contribution in [2.45, 2.75) is 13.1 Å². The molecule has 1 heterocycles. The summed E-state index contributed by atoms with van der Waals surface area (Å²) in [7, 11) is 0. The van der Waals surface area contributed by atoms with Crippen LogP contribution in [0.2, 0.25) is 0 Å². The number of benzene rings is 1. The minimum absolute atomic E-state index is 0.536. The highest BCUT2D eigenvalue weighted by Gasteiger charge is 2.30. The number of alkyl halides is 3. The zero-order chi connectivity index (χ0) is 11.9. The van der Waals surface area contributed by atoms with Crippen LogP contribution in [0.3, 0.4) is 0 Å². The van der Waals surface area contributed by atoms with Gasteiger partial charge in [0.15, 0.2) is 0 Å². The molecule has 1 aromatic carbocycles. The van der Waals surface area contributed by atoms with Crippen molar-refractivity contribution >= 4 is 26.7 Å². The topological polar surface area (TPSA) is 12.9 Å². The number of pyridine rings is 1. The highest BCUT2D eigenvalue weighted by atomic mass is 79.9. The van der Waals surface area contributed by atoms with Gasteiger partial charge in [0.1, 0.15) is 4.60 Å². The van der Waals surface area contributed by atoms with E-state index in [9.17, 15) is 13.2 Å². The minimum atomic E-state index is -4.31. The van der Waals surface area contributed by atoms with Crippen molar-refractivity contribution in [3.8, 4) is 0 Å². The highest BCUT2D eigenvalue weighted by molar-refractivity contribution is 9.10. The van der Waals surface area contributed by atoms with Crippen LogP contribution >= 0.6 is 15.9 Å². The summed E-state index contributed by atoms with van der Waals surface area (Å²) in [6, 6.07) is 5.25. The molecule has 0 bridgehead atoms. The second-order valence-electron chi connectivity index (χ2n) is 3.49. The van der Waals surface area contributed by atoms with Gasteiger partial charge in [-0.15, -0.1) is 0 Å². The molecule has 16 heavy (non-hydrogen) atoms. The zero-order valence-electron chi connectivity index (χ0n) is 8.27. The van der Waals surface area contributed by atoms with E-state index in [1.54, 1.807) is 13.0 Å². The summed E-state index contributed by atoms with van der Waals surface area (Å²) < 4.78 is 38.0. The van der Waals surface area contributed by atoms with Gasteiger partial charge >= 0.3 is 6.18 Å². The highest BCUT2D eigenvalue weighted by Crippen LogP contribution is 2.33. The van der Waals surface area contributed by atoms with Crippen LogP contribution in [0.25, 0.3) is 10.8 Å². The average molecular weight is 290 g/mol. The largest absolute Gasteiger partial charge is 0.416 e. The SMILES string of the molecule is Cc1cc2cc(C(F)(F)F)ccc2c(Br)n1. The van der Waals surface area contributed by atoms with Gasteiger partial charge in [-0.2, -0.15) is 13.2 Å². The Morgan fingerprint density at radius 2 is 1.88 bits per heavy atom. The molecule has 0 fully saturated rings. The molecule has 0 radical (unpaired) electrons. The Balaban J connectivity index is 2.71. The second-order valence-corrected chi connectivity index (χ2v) is 4.24. The first-order valence-corrected chi connectivity index (χ1v) is 5.31. The molecule has 0 saturated heterocycles. The summed E-state index contributed by atoms with van der Waals surface area (Å²) in [5.74, 6) is 0. The molecule has 0 atom stereocenters. The van der Waals surface area contributed by atoms with Gasteiger partial charge in [0.2, 0.25) is 0 Å². The Bertz CT molecular complexity index is 549. The maximum absolute atomic E-state index is 12.5. The summed E-state index contributed by atoms with van der Waals surface area (Å²) >= 11 is 3.23. The van der Waals surface area contributed by atoms with Gasteiger partial charge in [-0.25, -0.2) is 4.98 Å². The monoisotopic (exact) mass is 289 g/mol. The van der Waals surface area contributed by atoms with Crippen LogP contribution < -0.4 is 0 Å². The lowest BCUT2D eigenvalue weighted by molar-refractivity contribution is -0.137. The Hall–Kier alpha value is -1.10. The summed E-state index contributed by atoms with van der Waals surface area (Å²) in [5, 5.41) is 1.22. The fourth-order valence-electron chi connectivity index (χ4n) is 1.52. The Morgan fingerprint density at radius 3 is 2.50 bits per heavy atom. The van der Waals surface area contributed by atoms with Crippen molar-refractivity contribution in [2.24, 2.45) is 0 Å². The van der Waals surface area contributed by atoms with E-state index in [2.05, 4.69) is 20.9 Å². The first-order valence-electron chi connectivity index (χ1n) is 4.52. The number of halogens is 4. The van der Waals surface area contributed by atoms with Crippen LogP contribution in [0.4, 0.5) is 13.2 Å². The van der Waals surface area contributed by atoms with E-state index in [0.29, 0.717) is 21.1 Å². The molecule has 0 aliphatic rings. The maximum atomic E-state index is 12.5. The van der Waals surface area contributed by atoms with Crippen molar-refractivity contribution in [3.05, 3.63) is 40.1 Å². The maximum Gasteiger partial charge on any atom is 0.416 e. The molecule has 0 N–H and O–H groups in total. The molecule has 0 saturated carbocycles. The standard InChI is InChI=1S/C11H7BrF3N/c1-6-4-7-5-8(11(13,14)15)2-3-9(7)10(12)16-6/h2-5H,1H3. The van der Waals surface area contributed by atoms with Gasteiger partial charge in [0, 0.05) is 11.1 Å². The van der Waals surface area contributed by atoms with E-state index in [-0.39, 0.29) is 0 Å². The molecule has 0 aliphatic heterocycles. The normalized spacial score (nSPS) is 12.1. The Morgan fingerprint density at radius 1 is 1.19 bits per heavy atom. The Labute approximate surface area is 98.4 Å². The Kier molecular flexibility index (Phi) is 2.66. The van der Waals surface area contributed by atoms with Crippen LogP contribution in [-0.4, -0.2) is 4.98 Å². The summed E-state index contributed by atoms with van der Waals surface area (Å²) in [6.45, 7) is 1.74. The third-order valence-electron chi connectivity index (χ3n) is 2.24. The number of hydrogen-bond donors (Lipinski definition) is 0. The first-order chi connectivity index (χ1) is 7.38. The summed E-state index contributed by atoms with van der Waals surface area (Å²) in [4.78, 5) is 4.13. The van der Waals surface area contributed by atoms with Crippen LogP contribution in [0, 0.1) is 6.92 Å². The van der Waals surface area contributed by atoms with Crippen LogP contribution in [0.15, 0.2) is 28.9 Å². The zero-order valence-corrected chi connectivity index (χ0v) is 9.85. The molecule has 2 aromatic rings. The lowest BCUT2D eigenvalue weighted by Gasteiger charge is -2.08. The summed E-state index contributed by atoms with van der Waals surface area (Å²) in [5.41, 5.74) is 0.0381. The van der Waals surface area contributed by atoms with Crippen LogP contribution in [-0.2, 0) is 6.18 Å². The van der Waals surface area contributed by atoms with Gasteiger partial charge in [-0.05, 0) is 46.4 Å². The fourth-order valence-corrected chi connectivity index (χ4v) is 2.16. The van der Waals surface area contributed by atoms with E-state index in [4.69, 9.17) is 0 Å². The predicted octanol–water partition coefficient (Wildman–Crippen LogP) is 4.32. The average Bonchev–Trinajstić information content (AvgIpc) is 2.15. The summed E-state index contributed by atoms with van der Waals surface area (Å²) in [6.07, 6.45) is -4.31. The molecule has 1 nitrogen and oxygen atoms in total. The number of rotatable bonds is 0. The number of aromatic nitrogens is 1. The van der Waals surface area contributed by atoms with Gasteiger partial charge in [-0.3, -0.25) is 0 Å². The number of fused-ring (bicyclic) bond motifs is 1.